The van der Waals surface area contributed by atoms with Crippen molar-refractivity contribution in [3.05, 3.63) is 0 Å². The Labute approximate surface area is 140 Å². The van der Waals surface area contributed by atoms with Gasteiger partial charge in [0.15, 0.2) is 0 Å². The highest BCUT2D eigenvalue weighted by Crippen LogP contribution is 2.22. The van der Waals surface area contributed by atoms with Crippen LogP contribution >= 0.6 is 0 Å². The minimum atomic E-state index is 0.943. The molecule has 1 saturated heterocycles. The Morgan fingerprint density at radius 1 is 0.727 bits per heavy atom. The van der Waals surface area contributed by atoms with Gasteiger partial charge in [-0.1, -0.05) is 84.5 Å². The van der Waals surface area contributed by atoms with Crippen molar-refractivity contribution in [3.63, 3.8) is 0 Å². The van der Waals surface area contributed by atoms with E-state index in [1.54, 1.807) is 0 Å². The van der Waals surface area contributed by atoms with E-state index in [4.69, 9.17) is 4.74 Å². The standard InChI is InChI=1S/C20H41NO/c1-3-5-7-9-11-13-20(12-10-8-6-4-2)14-15-21-16-18-22-19-17-21/h20H,3-19H2,1-2H3. The molecule has 0 bridgehead atoms. The van der Waals surface area contributed by atoms with E-state index in [-0.39, 0.29) is 0 Å². The molecule has 2 nitrogen and oxygen atoms in total. The molecule has 2 heteroatoms. The van der Waals surface area contributed by atoms with Crippen LogP contribution in [0.1, 0.15) is 90.9 Å². The van der Waals surface area contributed by atoms with Gasteiger partial charge in [-0.15, -0.1) is 0 Å². The molecular weight excluding hydrogens is 270 g/mol. The first-order valence-electron chi connectivity index (χ1n) is 10.2. The smallest absolute Gasteiger partial charge is 0.0594 e. The molecule has 1 aliphatic rings. The first-order valence-corrected chi connectivity index (χ1v) is 10.2. The Kier molecular flexibility index (Phi) is 13.2. The van der Waals surface area contributed by atoms with Crippen molar-refractivity contribution in [3.8, 4) is 0 Å². The molecule has 0 N–H and O–H groups in total. The molecule has 1 rings (SSSR count). The fourth-order valence-electron chi connectivity index (χ4n) is 3.52. The van der Waals surface area contributed by atoms with Crippen LogP contribution in [0.2, 0.25) is 0 Å². The van der Waals surface area contributed by atoms with Crippen molar-refractivity contribution in [2.75, 3.05) is 32.8 Å². The van der Waals surface area contributed by atoms with Gasteiger partial charge in [0.2, 0.25) is 0 Å². The summed E-state index contributed by atoms with van der Waals surface area (Å²) >= 11 is 0. The van der Waals surface area contributed by atoms with E-state index in [2.05, 4.69) is 18.7 Å². The lowest BCUT2D eigenvalue weighted by Crippen LogP contribution is -2.37. The number of unbranched alkanes of at least 4 members (excludes halogenated alkanes) is 7. The average molecular weight is 312 g/mol. The predicted molar refractivity (Wildman–Crippen MR) is 97.5 cm³/mol. The molecule has 132 valence electrons. The topological polar surface area (TPSA) is 12.5 Å². The van der Waals surface area contributed by atoms with Crippen LogP contribution in [-0.2, 0) is 4.74 Å². The van der Waals surface area contributed by atoms with Crippen molar-refractivity contribution in [1.82, 2.24) is 4.90 Å². The Morgan fingerprint density at radius 2 is 1.27 bits per heavy atom. The summed E-state index contributed by atoms with van der Waals surface area (Å²) in [5.41, 5.74) is 0. The molecule has 0 aromatic heterocycles. The average Bonchev–Trinajstić information content (AvgIpc) is 2.56. The number of morpholine rings is 1. The van der Waals surface area contributed by atoms with Crippen molar-refractivity contribution in [2.45, 2.75) is 90.9 Å². The Balaban J connectivity index is 2.16. The van der Waals surface area contributed by atoms with Crippen LogP contribution in [0.3, 0.4) is 0 Å². The predicted octanol–water partition coefficient (Wildman–Crippen LogP) is 5.66. The quantitative estimate of drug-likeness (QED) is 0.384. The lowest BCUT2D eigenvalue weighted by molar-refractivity contribution is 0.0349. The molecule has 0 radical (unpaired) electrons. The first kappa shape index (κ1) is 20.0. The lowest BCUT2D eigenvalue weighted by Gasteiger charge is -2.28. The SMILES string of the molecule is CCCCCCCC(CCCCCC)CCN1CCOCC1. The second-order valence-electron chi connectivity index (χ2n) is 7.16. The zero-order valence-electron chi connectivity index (χ0n) is 15.5. The molecule has 0 aromatic carbocycles. The van der Waals surface area contributed by atoms with Gasteiger partial charge >= 0.3 is 0 Å². The number of nitrogens with zero attached hydrogens (tertiary/aromatic N) is 1. The van der Waals surface area contributed by atoms with Gasteiger partial charge in [-0.2, -0.15) is 0 Å². The van der Waals surface area contributed by atoms with Gasteiger partial charge in [-0.25, -0.2) is 0 Å². The van der Waals surface area contributed by atoms with E-state index in [0.717, 1.165) is 32.2 Å². The van der Waals surface area contributed by atoms with Gasteiger partial charge in [0.05, 0.1) is 13.2 Å². The third kappa shape index (κ3) is 10.6. The van der Waals surface area contributed by atoms with Crippen LogP contribution in [0, 0.1) is 5.92 Å². The van der Waals surface area contributed by atoms with E-state index in [1.165, 1.54) is 83.6 Å². The Bertz CT molecular complexity index is 226. The van der Waals surface area contributed by atoms with E-state index in [0.29, 0.717) is 0 Å². The number of hydrogen-bond acceptors (Lipinski definition) is 2. The van der Waals surface area contributed by atoms with Gasteiger partial charge in [0.25, 0.3) is 0 Å². The van der Waals surface area contributed by atoms with E-state index >= 15 is 0 Å². The largest absolute Gasteiger partial charge is 0.379 e. The lowest BCUT2D eigenvalue weighted by atomic mass is 9.91. The second kappa shape index (κ2) is 14.5. The fraction of sp³-hybridized carbons (Fsp3) is 1.00. The summed E-state index contributed by atoms with van der Waals surface area (Å²) in [5, 5.41) is 0. The van der Waals surface area contributed by atoms with Gasteiger partial charge in [0, 0.05) is 13.1 Å². The molecule has 0 aliphatic carbocycles. The summed E-state index contributed by atoms with van der Waals surface area (Å²) in [6, 6.07) is 0. The number of hydrogen-bond donors (Lipinski definition) is 0. The van der Waals surface area contributed by atoms with Crippen LogP contribution in [-0.4, -0.2) is 37.7 Å². The van der Waals surface area contributed by atoms with Crippen molar-refractivity contribution < 1.29 is 4.74 Å². The van der Waals surface area contributed by atoms with E-state index < -0.39 is 0 Å². The number of ether oxygens (including phenoxy) is 1. The molecule has 1 atom stereocenters. The van der Waals surface area contributed by atoms with Crippen molar-refractivity contribution in [2.24, 2.45) is 5.92 Å². The van der Waals surface area contributed by atoms with Crippen LogP contribution in [0.5, 0.6) is 0 Å². The maximum atomic E-state index is 5.46. The summed E-state index contributed by atoms with van der Waals surface area (Å²) in [4.78, 5) is 2.61. The molecule has 0 spiro atoms. The number of rotatable bonds is 14. The minimum Gasteiger partial charge on any atom is -0.379 e. The molecule has 1 fully saturated rings. The molecule has 1 aliphatic heterocycles. The van der Waals surface area contributed by atoms with Crippen LogP contribution < -0.4 is 0 Å². The van der Waals surface area contributed by atoms with E-state index in [1.807, 2.05) is 0 Å². The molecule has 1 unspecified atom stereocenters. The molecule has 0 amide bonds. The monoisotopic (exact) mass is 311 g/mol. The van der Waals surface area contributed by atoms with Gasteiger partial charge in [-0.3, -0.25) is 4.90 Å². The maximum Gasteiger partial charge on any atom is 0.0594 e. The summed E-state index contributed by atoms with van der Waals surface area (Å²) < 4.78 is 5.46. The Morgan fingerprint density at radius 3 is 1.86 bits per heavy atom. The molecule has 22 heavy (non-hydrogen) atoms. The highest BCUT2D eigenvalue weighted by molar-refractivity contribution is 4.67. The fourth-order valence-corrected chi connectivity index (χ4v) is 3.52. The van der Waals surface area contributed by atoms with Crippen LogP contribution in [0.4, 0.5) is 0 Å². The minimum absolute atomic E-state index is 0.943. The van der Waals surface area contributed by atoms with Crippen molar-refractivity contribution in [1.29, 1.82) is 0 Å². The normalized spacial score (nSPS) is 17.7. The molecule has 0 saturated carbocycles. The molecule has 1 heterocycles. The Hall–Kier alpha value is -0.0800. The summed E-state index contributed by atoms with van der Waals surface area (Å²) in [6.45, 7) is 10.1. The summed E-state index contributed by atoms with van der Waals surface area (Å²) in [6.07, 6.45) is 17.2. The molecule has 0 aromatic rings. The zero-order valence-corrected chi connectivity index (χ0v) is 15.5. The summed E-state index contributed by atoms with van der Waals surface area (Å²) in [7, 11) is 0. The van der Waals surface area contributed by atoms with Crippen LogP contribution in [0.25, 0.3) is 0 Å². The second-order valence-corrected chi connectivity index (χ2v) is 7.16. The summed E-state index contributed by atoms with van der Waals surface area (Å²) in [5.74, 6) is 0.973. The van der Waals surface area contributed by atoms with E-state index in [9.17, 15) is 0 Å². The highest BCUT2D eigenvalue weighted by atomic mass is 16.5. The molecular formula is C20H41NO. The third-order valence-electron chi connectivity index (χ3n) is 5.14. The van der Waals surface area contributed by atoms with Gasteiger partial charge in [0.1, 0.15) is 0 Å². The van der Waals surface area contributed by atoms with Gasteiger partial charge in [-0.05, 0) is 18.9 Å². The highest BCUT2D eigenvalue weighted by Gasteiger charge is 2.14. The zero-order chi connectivity index (χ0) is 15.9. The maximum absolute atomic E-state index is 5.46. The first-order chi connectivity index (χ1) is 10.9. The third-order valence-corrected chi connectivity index (χ3v) is 5.14. The van der Waals surface area contributed by atoms with Crippen molar-refractivity contribution >= 4 is 0 Å². The van der Waals surface area contributed by atoms with Crippen LogP contribution in [0.15, 0.2) is 0 Å². The van der Waals surface area contributed by atoms with Gasteiger partial charge < -0.3 is 4.74 Å².